The third-order valence-corrected chi connectivity index (χ3v) is 4.96. The Morgan fingerprint density at radius 2 is 1.97 bits per heavy atom. The van der Waals surface area contributed by atoms with Gasteiger partial charge >= 0.3 is 0 Å². The van der Waals surface area contributed by atoms with E-state index in [0.717, 1.165) is 46.5 Å². The van der Waals surface area contributed by atoms with Gasteiger partial charge in [-0.2, -0.15) is 0 Å². The molecule has 4 rings (SSSR count). The van der Waals surface area contributed by atoms with Crippen molar-refractivity contribution >= 4 is 5.96 Å². The molecule has 2 heterocycles. The number of aromatic nitrogens is 2. The molecule has 1 aliphatic heterocycles. The first-order valence-electron chi connectivity index (χ1n) is 10.1. The van der Waals surface area contributed by atoms with Crippen LogP contribution in [-0.2, 0) is 13.1 Å². The van der Waals surface area contributed by atoms with Crippen LogP contribution in [0.4, 0.5) is 0 Å². The fourth-order valence-electron chi connectivity index (χ4n) is 3.46. The molecule has 0 atom stereocenters. The number of benzene rings is 2. The second kappa shape index (κ2) is 9.35. The van der Waals surface area contributed by atoms with Crippen LogP contribution < -0.4 is 14.8 Å². The van der Waals surface area contributed by atoms with Crippen molar-refractivity contribution in [3.8, 4) is 22.8 Å². The molecule has 0 aliphatic carbocycles. The first-order valence-corrected chi connectivity index (χ1v) is 10.1. The van der Waals surface area contributed by atoms with Gasteiger partial charge in [-0.05, 0) is 11.6 Å². The lowest BCUT2D eigenvalue weighted by Gasteiger charge is -2.22. The number of aliphatic imine (C=N–C) groups is 1. The van der Waals surface area contributed by atoms with Crippen LogP contribution in [0.5, 0.6) is 11.5 Å². The van der Waals surface area contributed by atoms with E-state index in [0.29, 0.717) is 26.3 Å². The second-order valence-corrected chi connectivity index (χ2v) is 7.16. The number of hydrogen-bond acceptors (Lipinski definition) is 4. The maximum absolute atomic E-state index is 5.91. The number of hydrogen-bond donors (Lipinski definition) is 2. The van der Waals surface area contributed by atoms with Gasteiger partial charge in [0.25, 0.3) is 0 Å². The molecule has 0 saturated carbocycles. The van der Waals surface area contributed by atoms with Gasteiger partial charge in [-0.1, -0.05) is 42.5 Å². The van der Waals surface area contributed by atoms with Crippen molar-refractivity contribution in [3.05, 3.63) is 66.1 Å². The number of guanidine groups is 1. The number of aromatic amines is 1. The summed E-state index contributed by atoms with van der Waals surface area (Å²) in [7, 11) is 3.77. The molecule has 0 spiro atoms. The number of rotatable bonds is 5. The number of nitrogens with one attached hydrogen (secondary N) is 2. The predicted molar refractivity (Wildman–Crippen MR) is 118 cm³/mol. The first kappa shape index (κ1) is 19.8. The minimum atomic E-state index is 0.594. The van der Waals surface area contributed by atoms with Gasteiger partial charge < -0.3 is 24.7 Å². The molecule has 30 heavy (non-hydrogen) atoms. The quantitative estimate of drug-likeness (QED) is 0.502. The largest absolute Gasteiger partial charge is 0.490 e. The number of imidazole rings is 1. The molecular weight excluding hydrogens is 378 g/mol. The van der Waals surface area contributed by atoms with Crippen molar-refractivity contribution in [2.45, 2.75) is 19.5 Å². The van der Waals surface area contributed by atoms with Crippen LogP contribution in [0.3, 0.4) is 0 Å². The van der Waals surface area contributed by atoms with E-state index in [1.54, 1.807) is 7.05 Å². The van der Waals surface area contributed by atoms with Gasteiger partial charge in [0.05, 0.1) is 31.6 Å². The van der Waals surface area contributed by atoms with Crippen LogP contribution in [0.15, 0.2) is 59.7 Å². The summed E-state index contributed by atoms with van der Waals surface area (Å²) in [5, 5.41) is 3.41. The third-order valence-electron chi connectivity index (χ3n) is 4.96. The van der Waals surface area contributed by atoms with Crippen molar-refractivity contribution in [3.63, 3.8) is 0 Å². The lowest BCUT2D eigenvalue weighted by atomic mass is 10.2. The Kier molecular flexibility index (Phi) is 6.17. The van der Waals surface area contributed by atoms with Crippen molar-refractivity contribution in [2.24, 2.45) is 4.99 Å². The van der Waals surface area contributed by atoms with Crippen molar-refractivity contribution in [1.29, 1.82) is 0 Å². The normalized spacial score (nSPS) is 13.6. The summed E-state index contributed by atoms with van der Waals surface area (Å²) in [6.45, 7) is 2.55. The smallest absolute Gasteiger partial charge is 0.194 e. The molecule has 7 nitrogen and oxygen atoms in total. The number of nitrogens with zero attached hydrogens (tertiary/aromatic N) is 3. The van der Waals surface area contributed by atoms with Crippen molar-refractivity contribution in [2.75, 3.05) is 27.3 Å². The highest BCUT2D eigenvalue weighted by Gasteiger charge is 2.16. The Hall–Kier alpha value is -3.48. The van der Waals surface area contributed by atoms with E-state index in [4.69, 9.17) is 9.47 Å². The zero-order valence-electron chi connectivity index (χ0n) is 17.4. The predicted octanol–water partition coefficient (Wildman–Crippen LogP) is 3.45. The minimum Gasteiger partial charge on any atom is -0.490 e. The first-order chi connectivity index (χ1) is 14.7. The zero-order valence-corrected chi connectivity index (χ0v) is 17.4. The van der Waals surface area contributed by atoms with Gasteiger partial charge in [0.15, 0.2) is 17.5 Å². The fraction of sp³-hybridized carbons (Fsp3) is 0.304. The molecule has 0 unspecified atom stereocenters. The molecular formula is C23H27N5O2. The molecule has 1 aliphatic rings. The molecule has 2 N–H and O–H groups in total. The second-order valence-electron chi connectivity index (χ2n) is 7.16. The fourth-order valence-corrected chi connectivity index (χ4v) is 3.46. The molecule has 0 bridgehead atoms. The maximum Gasteiger partial charge on any atom is 0.194 e. The summed E-state index contributed by atoms with van der Waals surface area (Å²) < 4.78 is 11.7. The van der Waals surface area contributed by atoms with Crippen LogP contribution >= 0.6 is 0 Å². The Morgan fingerprint density at radius 3 is 2.80 bits per heavy atom. The van der Waals surface area contributed by atoms with Gasteiger partial charge in [0.2, 0.25) is 0 Å². The zero-order chi connectivity index (χ0) is 20.8. The summed E-state index contributed by atoms with van der Waals surface area (Å²) in [4.78, 5) is 14.4. The van der Waals surface area contributed by atoms with Crippen LogP contribution in [0.25, 0.3) is 11.3 Å². The van der Waals surface area contributed by atoms with Gasteiger partial charge in [-0.25, -0.2) is 4.98 Å². The Bertz CT molecular complexity index is 1000. The average Bonchev–Trinajstić information content (AvgIpc) is 3.10. The maximum atomic E-state index is 5.91. The lowest BCUT2D eigenvalue weighted by molar-refractivity contribution is 0.296. The highest BCUT2D eigenvalue weighted by atomic mass is 16.5. The number of H-pyrrole nitrogens is 1. The Balaban J connectivity index is 1.40. The summed E-state index contributed by atoms with van der Waals surface area (Å²) in [6.07, 6.45) is 2.76. The summed E-state index contributed by atoms with van der Waals surface area (Å²) in [6, 6.07) is 16.2. The topological polar surface area (TPSA) is 74.8 Å². The van der Waals surface area contributed by atoms with E-state index in [1.807, 2.05) is 54.5 Å². The third kappa shape index (κ3) is 4.56. The van der Waals surface area contributed by atoms with Crippen LogP contribution in [0, 0.1) is 0 Å². The van der Waals surface area contributed by atoms with E-state index in [9.17, 15) is 0 Å². The molecule has 156 valence electrons. The molecule has 0 radical (unpaired) electrons. The van der Waals surface area contributed by atoms with E-state index in [1.165, 1.54) is 0 Å². The van der Waals surface area contributed by atoms with E-state index in [-0.39, 0.29) is 0 Å². The van der Waals surface area contributed by atoms with Gasteiger partial charge in [-0.15, -0.1) is 0 Å². The summed E-state index contributed by atoms with van der Waals surface area (Å²) in [5.41, 5.74) is 3.17. The van der Waals surface area contributed by atoms with Crippen LogP contribution in [0.1, 0.15) is 17.8 Å². The van der Waals surface area contributed by atoms with Crippen molar-refractivity contribution < 1.29 is 9.47 Å². The number of fused-ring (bicyclic) bond motifs is 1. The van der Waals surface area contributed by atoms with Crippen LogP contribution in [-0.4, -0.2) is 48.1 Å². The van der Waals surface area contributed by atoms with E-state index < -0.39 is 0 Å². The van der Waals surface area contributed by atoms with Gasteiger partial charge in [-0.3, -0.25) is 4.99 Å². The molecule has 1 aromatic heterocycles. The highest BCUT2D eigenvalue weighted by molar-refractivity contribution is 5.79. The van der Waals surface area contributed by atoms with Crippen LogP contribution in [0.2, 0.25) is 0 Å². The summed E-state index contributed by atoms with van der Waals surface area (Å²) >= 11 is 0. The van der Waals surface area contributed by atoms with Gasteiger partial charge in [0, 0.05) is 32.6 Å². The lowest BCUT2D eigenvalue weighted by Crippen LogP contribution is -2.38. The number of ether oxygens (including phenoxy) is 2. The van der Waals surface area contributed by atoms with E-state index in [2.05, 4.69) is 32.4 Å². The van der Waals surface area contributed by atoms with Gasteiger partial charge in [0.1, 0.15) is 5.82 Å². The SMILES string of the molecule is CN=C(NCc1cccc2c1OCCCO2)N(C)Cc1ncc(-c2ccccc2)[nH]1. The molecule has 0 saturated heterocycles. The number of para-hydroxylation sites is 1. The molecule has 0 fully saturated rings. The Morgan fingerprint density at radius 1 is 1.13 bits per heavy atom. The molecule has 0 amide bonds. The van der Waals surface area contributed by atoms with E-state index >= 15 is 0 Å². The Labute approximate surface area is 176 Å². The molecule has 2 aromatic carbocycles. The molecule has 7 heteroatoms. The monoisotopic (exact) mass is 405 g/mol. The van der Waals surface area contributed by atoms with Crippen molar-refractivity contribution in [1.82, 2.24) is 20.2 Å². The average molecular weight is 406 g/mol. The summed E-state index contributed by atoms with van der Waals surface area (Å²) in [5.74, 6) is 3.28. The standard InChI is InChI=1S/C23H27N5O2/c1-24-23(26-14-18-10-6-11-20-22(18)30-13-7-12-29-20)28(2)16-21-25-15-19(27-21)17-8-4-3-5-9-17/h3-6,8-11,15H,7,12-14,16H2,1-2H3,(H,24,26)(H,25,27). The highest BCUT2D eigenvalue weighted by Crippen LogP contribution is 2.33. The minimum absolute atomic E-state index is 0.594. The molecule has 3 aromatic rings.